The number of nitrogens with zero attached hydrogens (tertiary/aromatic N) is 5. The van der Waals surface area contributed by atoms with E-state index in [1.807, 2.05) is 48.5 Å². The highest BCUT2D eigenvalue weighted by atomic mass is 16.6. The van der Waals surface area contributed by atoms with E-state index in [1.54, 1.807) is 46.8 Å². The molecule has 14 nitrogen and oxygen atoms in total. The van der Waals surface area contributed by atoms with Crippen LogP contribution in [0.1, 0.15) is 88.8 Å². The van der Waals surface area contributed by atoms with Gasteiger partial charge in [-0.15, -0.1) is 13.2 Å². The zero-order valence-corrected chi connectivity index (χ0v) is 35.0. The van der Waals surface area contributed by atoms with Gasteiger partial charge < -0.3 is 24.4 Å². The number of esters is 1. The van der Waals surface area contributed by atoms with Gasteiger partial charge in [0, 0.05) is 29.3 Å². The third kappa shape index (κ3) is 9.48. The Balaban J connectivity index is 1.41. The van der Waals surface area contributed by atoms with Crippen molar-refractivity contribution in [2.45, 2.75) is 109 Å². The second-order valence-corrected chi connectivity index (χ2v) is 16.3. The smallest absolute Gasteiger partial charge is 0.418 e. The van der Waals surface area contributed by atoms with Gasteiger partial charge in [0.25, 0.3) is 5.91 Å². The maximum absolute atomic E-state index is 15.3. The van der Waals surface area contributed by atoms with Crippen molar-refractivity contribution >= 4 is 51.5 Å². The Labute approximate surface area is 350 Å². The number of pyridine rings is 1. The van der Waals surface area contributed by atoms with Crippen LogP contribution in [0.3, 0.4) is 0 Å². The average molecular weight is 819 g/mol. The van der Waals surface area contributed by atoms with Crippen LogP contribution < -0.4 is 10.1 Å². The molecule has 0 unspecified atom stereocenters. The van der Waals surface area contributed by atoms with Crippen LogP contribution in [0, 0.1) is 12.8 Å². The van der Waals surface area contributed by atoms with Gasteiger partial charge in [0.2, 0.25) is 17.7 Å². The van der Waals surface area contributed by atoms with E-state index in [-0.39, 0.29) is 44.0 Å². The van der Waals surface area contributed by atoms with Crippen LogP contribution in [0.25, 0.3) is 21.7 Å². The zero-order valence-electron chi connectivity index (χ0n) is 35.0. The summed E-state index contributed by atoms with van der Waals surface area (Å²) in [4.78, 5) is 87.2. The van der Waals surface area contributed by atoms with Gasteiger partial charge in [0.1, 0.15) is 35.0 Å². The molecule has 4 aromatic rings. The lowest BCUT2D eigenvalue weighted by Crippen LogP contribution is -2.58. The molecule has 1 aliphatic carbocycles. The van der Waals surface area contributed by atoms with Crippen molar-refractivity contribution < 1.29 is 38.2 Å². The number of likely N-dealkylation sites (tertiary alicyclic amines) is 1. The van der Waals surface area contributed by atoms with E-state index in [4.69, 9.17) is 19.2 Å². The molecule has 5 atom stereocenters. The third-order valence-corrected chi connectivity index (χ3v) is 10.8. The van der Waals surface area contributed by atoms with Gasteiger partial charge in [0.15, 0.2) is 0 Å². The first-order valence-corrected chi connectivity index (χ1v) is 20.5. The average Bonchev–Trinajstić information content (AvgIpc) is 3.78. The Morgan fingerprint density at radius 1 is 0.983 bits per heavy atom. The molecule has 3 heterocycles. The normalized spacial score (nSPS) is 20.2. The van der Waals surface area contributed by atoms with Gasteiger partial charge >= 0.3 is 12.1 Å². The van der Waals surface area contributed by atoms with E-state index < -0.39 is 59.1 Å². The molecule has 1 saturated heterocycles. The first-order valence-electron chi connectivity index (χ1n) is 20.5. The van der Waals surface area contributed by atoms with Crippen molar-refractivity contribution in [1.29, 1.82) is 0 Å². The predicted molar refractivity (Wildman–Crippen MR) is 226 cm³/mol. The molecule has 1 N–H and O–H groups in total. The fourth-order valence-electron chi connectivity index (χ4n) is 7.71. The van der Waals surface area contributed by atoms with E-state index in [1.165, 1.54) is 17.3 Å². The minimum atomic E-state index is -1.42. The fraction of sp³-hybridized carbons (Fsp3) is 0.435. The summed E-state index contributed by atoms with van der Waals surface area (Å²) in [6.45, 7) is 16.0. The van der Waals surface area contributed by atoms with Crippen molar-refractivity contribution in [3.05, 3.63) is 97.6 Å². The summed E-state index contributed by atoms with van der Waals surface area (Å²) in [6.07, 6.45) is 7.19. The van der Waals surface area contributed by atoms with Crippen molar-refractivity contribution in [3.63, 3.8) is 0 Å². The molecule has 1 saturated carbocycles. The summed E-state index contributed by atoms with van der Waals surface area (Å²) in [5, 5.41) is 5.51. The Hall–Kier alpha value is -6.18. The van der Waals surface area contributed by atoms with Crippen LogP contribution in [-0.2, 0) is 23.9 Å². The molecule has 2 aromatic heterocycles. The quantitative estimate of drug-likeness (QED) is 0.0533. The molecule has 6 rings (SSSR count). The number of para-hydroxylation sites is 1. The zero-order chi connectivity index (χ0) is 43.2. The lowest BCUT2D eigenvalue weighted by Gasteiger charge is -2.35. The summed E-state index contributed by atoms with van der Waals surface area (Å²) < 4.78 is 17.8. The minimum Gasteiger partial charge on any atom is -0.472 e. The minimum absolute atomic E-state index is 0.00788. The largest absolute Gasteiger partial charge is 0.472 e. The number of ether oxygens (including phenoxy) is 3. The Morgan fingerprint density at radius 2 is 1.70 bits per heavy atom. The number of hydrogen-bond donors (Lipinski definition) is 1. The number of imide groups is 1. The molecular formula is C46H54N6O8. The van der Waals surface area contributed by atoms with Crippen molar-refractivity contribution in [1.82, 2.24) is 30.1 Å². The van der Waals surface area contributed by atoms with E-state index in [0.717, 1.165) is 33.9 Å². The highest BCUT2D eigenvalue weighted by molar-refractivity contribution is 6.08. The number of rotatable bonds is 16. The number of carbonyl (C=O) groups is 5. The summed E-state index contributed by atoms with van der Waals surface area (Å²) >= 11 is 0. The molecule has 2 aliphatic rings. The summed E-state index contributed by atoms with van der Waals surface area (Å²) in [5.41, 5.74) is -1.31. The van der Waals surface area contributed by atoms with Crippen LogP contribution in [0.2, 0.25) is 0 Å². The molecule has 14 heteroatoms. The van der Waals surface area contributed by atoms with Crippen molar-refractivity contribution in [3.8, 4) is 5.88 Å². The second-order valence-electron chi connectivity index (χ2n) is 16.3. The molecular weight excluding hydrogens is 765 g/mol. The molecule has 0 radical (unpaired) electrons. The van der Waals surface area contributed by atoms with Gasteiger partial charge in [-0.05, 0) is 77.8 Å². The van der Waals surface area contributed by atoms with Crippen molar-refractivity contribution in [2.75, 3.05) is 13.2 Å². The number of unbranched alkanes of at least 4 members (excludes halogenated alkanes) is 3. The first-order chi connectivity index (χ1) is 28.7. The van der Waals surface area contributed by atoms with Crippen LogP contribution in [-0.4, -0.2) is 97.0 Å². The van der Waals surface area contributed by atoms with Gasteiger partial charge in [-0.2, -0.15) is 0 Å². The number of carbonyl (C=O) groups excluding carboxylic acids is 5. The highest BCUT2D eigenvalue weighted by Crippen LogP contribution is 2.46. The van der Waals surface area contributed by atoms with Crippen molar-refractivity contribution in [2.24, 2.45) is 5.92 Å². The highest BCUT2D eigenvalue weighted by Gasteiger charge is 2.62. The number of fused-ring (bicyclic) bond motifs is 3. The number of allylic oxidation sites excluding steroid dienone is 1. The predicted octanol–water partition coefficient (Wildman–Crippen LogP) is 7.04. The van der Waals surface area contributed by atoms with Crippen LogP contribution >= 0.6 is 0 Å². The monoisotopic (exact) mass is 818 g/mol. The topological polar surface area (TPSA) is 170 Å². The van der Waals surface area contributed by atoms with Gasteiger partial charge in [-0.1, -0.05) is 61.4 Å². The van der Waals surface area contributed by atoms with Gasteiger partial charge in [0.05, 0.1) is 30.6 Å². The Bertz CT molecular complexity index is 2270. The maximum Gasteiger partial charge on any atom is 0.418 e. The molecule has 316 valence electrons. The maximum atomic E-state index is 15.3. The lowest BCUT2D eigenvalue weighted by molar-refractivity contribution is -0.150. The number of nitrogens with one attached hydrogen (secondary N) is 1. The number of amides is 4. The molecule has 60 heavy (non-hydrogen) atoms. The van der Waals surface area contributed by atoms with Crippen LogP contribution in [0.5, 0.6) is 5.88 Å². The van der Waals surface area contributed by atoms with E-state index in [0.29, 0.717) is 29.9 Å². The lowest BCUT2D eigenvalue weighted by atomic mass is 10.0. The molecule has 2 fully saturated rings. The Kier molecular flexibility index (Phi) is 13.3. The molecule has 1 aliphatic heterocycles. The standard InChI is InChI=1S/C46H54N6O8/c1-8-11-12-13-14-23-37(52(44(57)60-45(5,6)7)41(54)36-27-47-29(4)26-48-36)42(55)51-28-31(24-38(51)39(53)50-46(25-30(46)9-2)43(56)58-10-3)59-40-34-21-16-15-19-32(34)33-20-17-18-22-35(33)49-40/h8-9,15-22,26-27,30-31,37-38H,1-2,10-14,23-25,28H2,3-7H3,(H,50,53)/t30-,31-,37+,38+,46-/m1/s1. The Morgan fingerprint density at radius 3 is 2.35 bits per heavy atom. The fourth-order valence-corrected chi connectivity index (χ4v) is 7.71. The first kappa shape index (κ1) is 43.4. The molecule has 0 bridgehead atoms. The van der Waals surface area contributed by atoms with Crippen LogP contribution in [0.4, 0.5) is 4.79 Å². The molecule has 0 spiro atoms. The third-order valence-electron chi connectivity index (χ3n) is 10.8. The van der Waals surface area contributed by atoms with E-state index >= 15 is 4.79 Å². The van der Waals surface area contributed by atoms with E-state index in [2.05, 4.69) is 28.4 Å². The number of hydrogen-bond acceptors (Lipinski definition) is 11. The summed E-state index contributed by atoms with van der Waals surface area (Å²) in [6, 6.07) is 12.8. The number of benzene rings is 2. The second kappa shape index (κ2) is 18.4. The van der Waals surface area contributed by atoms with Gasteiger partial charge in [-0.3, -0.25) is 19.4 Å². The number of aromatic nitrogens is 3. The molecule has 2 aromatic carbocycles. The van der Waals surface area contributed by atoms with Crippen LogP contribution in [0.15, 0.2) is 86.2 Å². The summed E-state index contributed by atoms with van der Waals surface area (Å²) in [5.74, 6) is -2.84. The SMILES string of the molecule is C=CCCCCC[C@@H](C(=O)N1C[C@H](Oc2nc3ccccc3c3ccccc23)C[C@H]1C(=O)N[C@]1(C(=O)OCC)C[C@H]1C=C)N(C(=O)OC(C)(C)C)C(=O)c1cnc(C)cn1. The number of aryl methyl sites for hydroxylation is 1. The van der Waals surface area contributed by atoms with E-state index in [9.17, 15) is 19.2 Å². The summed E-state index contributed by atoms with van der Waals surface area (Å²) in [7, 11) is 0. The van der Waals surface area contributed by atoms with Gasteiger partial charge in [-0.25, -0.2) is 24.5 Å². The molecule has 4 amide bonds.